The van der Waals surface area contributed by atoms with E-state index in [-0.39, 0.29) is 11.4 Å². The van der Waals surface area contributed by atoms with Crippen LogP contribution in [0.15, 0.2) is 36.4 Å². The smallest absolute Gasteiger partial charge is 0.317 e. The van der Waals surface area contributed by atoms with E-state index in [0.29, 0.717) is 25.4 Å². The van der Waals surface area contributed by atoms with Crippen molar-refractivity contribution in [1.82, 2.24) is 10.2 Å². The van der Waals surface area contributed by atoms with Crippen molar-refractivity contribution < 1.29 is 14.3 Å². The van der Waals surface area contributed by atoms with Gasteiger partial charge in [0.1, 0.15) is 0 Å². The highest BCUT2D eigenvalue weighted by molar-refractivity contribution is 5.75. The van der Waals surface area contributed by atoms with E-state index in [0.717, 1.165) is 17.7 Å². The van der Waals surface area contributed by atoms with Crippen LogP contribution >= 0.6 is 0 Å². The Balaban J connectivity index is 1.66. The summed E-state index contributed by atoms with van der Waals surface area (Å²) in [7, 11) is 3.27. The van der Waals surface area contributed by atoms with E-state index in [1.165, 1.54) is 16.7 Å². The van der Waals surface area contributed by atoms with Crippen LogP contribution in [0.3, 0.4) is 0 Å². The van der Waals surface area contributed by atoms with Crippen LogP contribution < -0.4 is 14.8 Å². The molecule has 2 amide bonds. The molecule has 1 aliphatic heterocycles. The quantitative estimate of drug-likeness (QED) is 0.848. The van der Waals surface area contributed by atoms with Crippen LogP contribution in [0.1, 0.15) is 36.1 Å². The lowest BCUT2D eigenvalue weighted by Gasteiger charge is -2.32. The highest BCUT2D eigenvalue weighted by atomic mass is 16.5. The van der Waals surface area contributed by atoms with Gasteiger partial charge < -0.3 is 19.7 Å². The highest BCUT2D eigenvalue weighted by Gasteiger charge is 2.26. The lowest BCUT2D eigenvalue weighted by Crippen LogP contribution is -2.46. The molecule has 5 heteroatoms. The van der Waals surface area contributed by atoms with Gasteiger partial charge in [0.05, 0.1) is 14.2 Å². The number of ether oxygens (including phenoxy) is 2. The summed E-state index contributed by atoms with van der Waals surface area (Å²) < 4.78 is 10.8. The first-order chi connectivity index (χ1) is 13.3. The van der Waals surface area contributed by atoms with Crippen molar-refractivity contribution in [1.29, 1.82) is 0 Å². The summed E-state index contributed by atoms with van der Waals surface area (Å²) in [4.78, 5) is 14.7. The normalized spacial score (nSPS) is 13.7. The highest BCUT2D eigenvalue weighted by Crippen LogP contribution is 2.33. The van der Waals surface area contributed by atoms with Crippen molar-refractivity contribution in [2.24, 2.45) is 0 Å². The predicted molar refractivity (Wildman–Crippen MR) is 111 cm³/mol. The average molecular weight is 383 g/mol. The molecule has 5 nitrogen and oxygen atoms in total. The summed E-state index contributed by atoms with van der Waals surface area (Å²) in [5.41, 5.74) is 4.65. The third-order valence-corrected chi connectivity index (χ3v) is 5.49. The molecule has 150 valence electrons. The largest absolute Gasteiger partial charge is 0.493 e. The van der Waals surface area contributed by atoms with Gasteiger partial charge in [-0.2, -0.15) is 0 Å². The van der Waals surface area contributed by atoms with Crippen molar-refractivity contribution in [3.63, 3.8) is 0 Å². The van der Waals surface area contributed by atoms with Gasteiger partial charge in [-0.1, -0.05) is 43.7 Å². The van der Waals surface area contributed by atoms with Gasteiger partial charge in [0.25, 0.3) is 0 Å². The first-order valence-electron chi connectivity index (χ1n) is 9.68. The number of nitrogens with one attached hydrogen (secondary N) is 1. The number of carbonyl (C=O) groups is 1. The number of nitrogens with zero attached hydrogens (tertiary/aromatic N) is 1. The van der Waals surface area contributed by atoms with Gasteiger partial charge in [0.2, 0.25) is 0 Å². The Morgan fingerprint density at radius 2 is 1.79 bits per heavy atom. The van der Waals surface area contributed by atoms with Crippen molar-refractivity contribution in [3.8, 4) is 11.5 Å². The summed E-state index contributed by atoms with van der Waals surface area (Å²) in [6.07, 6.45) is 0.810. The number of amides is 2. The summed E-state index contributed by atoms with van der Waals surface area (Å²) in [5.74, 6) is 1.43. The second kappa shape index (κ2) is 8.13. The minimum Gasteiger partial charge on any atom is -0.493 e. The number of aryl methyl sites for hydroxylation is 1. The Morgan fingerprint density at radius 3 is 2.43 bits per heavy atom. The minimum absolute atomic E-state index is 0.0267. The third-order valence-electron chi connectivity index (χ3n) is 5.49. The topological polar surface area (TPSA) is 50.8 Å². The molecule has 1 aliphatic rings. The van der Waals surface area contributed by atoms with Gasteiger partial charge in [-0.15, -0.1) is 0 Å². The van der Waals surface area contributed by atoms with E-state index in [2.05, 4.69) is 50.4 Å². The second-order valence-corrected chi connectivity index (χ2v) is 8.06. The molecule has 2 aromatic rings. The molecule has 28 heavy (non-hydrogen) atoms. The van der Waals surface area contributed by atoms with Crippen molar-refractivity contribution >= 4 is 6.03 Å². The van der Waals surface area contributed by atoms with E-state index in [1.54, 1.807) is 14.2 Å². The Morgan fingerprint density at radius 1 is 1.11 bits per heavy atom. The van der Waals surface area contributed by atoms with Gasteiger partial charge in [-0.05, 0) is 42.2 Å². The number of hydrogen-bond acceptors (Lipinski definition) is 3. The van der Waals surface area contributed by atoms with Crippen LogP contribution in [-0.2, 0) is 18.4 Å². The molecule has 0 atom stereocenters. The summed E-state index contributed by atoms with van der Waals surface area (Å²) in [6, 6.07) is 12.4. The molecule has 0 aromatic heterocycles. The molecule has 0 saturated heterocycles. The van der Waals surface area contributed by atoms with Crippen molar-refractivity contribution in [2.45, 2.75) is 39.2 Å². The molecular weight excluding hydrogens is 352 g/mol. The zero-order chi connectivity index (χ0) is 20.3. The molecule has 0 unspecified atom stereocenters. The SMILES string of the molecule is COc1cc2c(cc1OC)CN(C(=O)NCC(C)(C)c1cccc(C)c1)CC2. The lowest BCUT2D eigenvalue weighted by molar-refractivity contribution is 0.190. The lowest BCUT2D eigenvalue weighted by atomic mass is 9.84. The fourth-order valence-corrected chi connectivity index (χ4v) is 3.63. The second-order valence-electron chi connectivity index (χ2n) is 8.06. The first-order valence-corrected chi connectivity index (χ1v) is 9.68. The number of methoxy groups -OCH3 is 2. The van der Waals surface area contributed by atoms with Gasteiger partial charge in [-0.3, -0.25) is 0 Å². The zero-order valence-electron chi connectivity index (χ0n) is 17.5. The van der Waals surface area contributed by atoms with Crippen molar-refractivity contribution in [2.75, 3.05) is 27.3 Å². The number of benzene rings is 2. The average Bonchev–Trinajstić information content (AvgIpc) is 2.70. The Kier molecular flexibility index (Phi) is 5.82. The molecule has 0 spiro atoms. The maximum Gasteiger partial charge on any atom is 0.317 e. The molecule has 2 aromatic carbocycles. The van der Waals surface area contributed by atoms with E-state index < -0.39 is 0 Å². The minimum atomic E-state index is -0.133. The molecule has 3 rings (SSSR count). The molecule has 0 aliphatic carbocycles. The Bertz CT molecular complexity index is 861. The number of rotatable bonds is 5. The number of urea groups is 1. The summed E-state index contributed by atoms with van der Waals surface area (Å²) in [5, 5.41) is 3.12. The fraction of sp³-hybridized carbons (Fsp3) is 0.435. The monoisotopic (exact) mass is 382 g/mol. The van der Waals surface area contributed by atoms with Gasteiger partial charge >= 0.3 is 6.03 Å². The van der Waals surface area contributed by atoms with Gasteiger partial charge in [0, 0.05) is 25.0 Å². The molecule has 0 radical (unpaired) electrons. The van der Waals surface area contributed by atoms with E-state index in [1.807, 2.05) is 17.0 Å². The third kappa shape index (κ3) is 4.24. The van der Waals surface area contributed by atoms with Crippen LogP contribution in [0.4, 0.5) is 4.79 Å². The van der Waals surface area contributed by atoms with Crippen LogP contribution in [0.25, 0.3) is 0 Å². The maximum atomic E-state index is 12.8. The van der Waals surface area contributed by atoms with E-state index >= 15 is 0 Å². The fourth-order valence-electron chi connectivity index (χ4n) is 3.63. The molecule has 0 bridgehead atoms. The molecule has 1 heterocycles. The van der Waals surface area contributed by atoms with Crippen LogP contribution in [0.5, 0.6) is 11.5 Å². The van der Waals surface area contributed by atoms with Gasteiger partial charge in [0.15, 0.2) is 11.5 Å². The Hall–Kier alpha value is -2.69. The first kappa shape index (κ1) is 20.1. The van der Waals surface area contributed by atoms with Crippen LogP contribution in [0, 0.1) is 6.92 Å². The summed E-state index contributed by atoms with van der Waals surface area (Å²) in [6.45, 7) is 8.26. The molecule has 0 fully saturated rings. The van der Waals surface area contributed by atoms with Crippen LogP contribution in [0.2, 0.25) is 0 Å². The Labute approximate surface area is 167 Å². The van der Waals surface area contributed by atoms with Crippen LogP contribution in [-0.4, -0.2) is 38.2 Å². The molecule has 0 saturated carbocycles. The standard InChI is InChI=1S/C23H30N2O3/c1-16-7-6-8-19(11-16)23(2,3)15-24-22(26)25-10-9-17-12-20(27-4)21(28-5)13-18(17)14-25/h6-8,11-13H,9-10,14-15H2,1-5H3,(H,24,26). The predicted octanol–water partition coefficient (Wildman–Crippen LogP) is 4.06. The number of carbonyl (C=O) groups excluding carboxylic acids is 1. The zero-order valence-corrected chi connectivity index (χ0v) is 17.5. The number of hydrogen-bond donors (Lipinski definition) is 1. The number of fused-ring (bicyclic) bond motifs is 1. The van der Waals surface area contributed by atoms with Crippen molar-refractivity contribution in [3.05, 3.63) is 58.7 Å². The molecular formula is C23H30N2O3. The van der Waals surface area contributed by atoms with E-state index in [9.17, 15) is 4.79 Å². The maximum absolute atomic E-state index is 12.8. The van der Waals surface area contributed by atoms with Gasteiger partial charge in [-0.25, -0.2) is 4.79 Å². The van der Waals surface area contributed by atoms with E-state index in [4.69, 9.17) is 9.47 Å². The molecule has 1 N–H and O–H groups in total. The summed E-state index contributed by atoms with van der Waals surface area (Å²) >= 11 is 0.